The van der Waals surface area contributed by atoms with Crippen LogP contribution in [0.2, 0.25) is 10.3 Å². The van der Waals surface area contributed by atoms with Gasteiger partial charge in [0.25, 0.3) is 0 Å². The Morgan fingerprint density at radius 3 is 1.45 bits per heavy atom. The average Bonchev–Trinajstić information content (AvgIpc) is 1.76. The summed E-state index contributed by atoms with van der Waals surface area (Å²) in [5.41, 5.74) is 12.1. The first-order chi connectivity index (χ1) is 44.5. The molecule has 8 aliphatic rings. The predicted octanol–water partition coefficient (Wildman–Crippen LogP) is 10.3. The van der Waals surface area contributed by atoms with Crippen LogP contribution in [0.15, 0.2) is 72.8 Å². The Balaban J connectivity index is 0.000000146. The van der Waals surface area contributed by atoms with E-state index in [-0.39, 0.29) is 78.6 Å². The molecule has 27 heteroatoms. The number of ether oxygens (including phenoxy) is 3. The zero-order valence-electron chi connectivity index (χ0n) is 55.0. The number of aromatic nitrogens is 6. The molecule has 4 amide bonds. The first-order valence-electron chi connectivity index (χ1n) is 31.7. The Hall–Kier alpha value is -6.93. The number of nitrogens with one attached hydrogen (secondary N) is 2. The number of fused-ring (bicyclic) bond motifs is 6. The smallest absolute Gasteiger partial charge is 0.220 e. The van der Waals surface area contributed by atoms with Gasteiger partial charge < -0.3 is 44.4 Å². The van der Waals surface area contributed by atoms with Gasteiger partial charge in [-0.1, -0.05) is 35.3 Å². The lowest BCUT2D eigenvalue weighted by Crippen LogP contribution is -2.28. The molecular weight excluding hydrogens is 1320 g/mol. The predicted molar refractivity (Wildman–Crippen MR) is 367 cm³/mol. The van der Waals surface area contributed by atoms with Crippen LogP contribution in [0.1, 0.15) is 135 Å². The fourth-order valence-electron chi connectivity index (χ4n) is 12.7. The molecular formula is C68H83Cl4FN14O7S. The van der Waals surface area contributed by atoms with Crippen molar-refractivity contribution < 1.29 is 37.8 Å². The van der Waals surface area contributed by atoms with Gasteiger partial charge in [-0.2, -0.15) is 0 Å². The van der Waals surface area contributed by atoms with Crippen LogP contribution in [-0.4, -0.2) is 146 Å². The second-order valence-electron chi connectivity index (χ2n) is 25.3. The van der Waals surface area contributed by atoms with Gasteiger partial charge in [0.2, 0.25) is 41.3 Å². The maximum absolute atomic E-state index is 14.7. The van der Waals surface area contributed by atoms with E-state index in [0.29, 0.717) is 111 Å². The average molecular weight is 1400 g/mol. The SMILES string of the molecule is CC(=O)N1Cc2ccc(Cl)nc2C1.CC(=O)N1Cc2ccc(O[C@@H]3C[C@H](C)N(C)C3)nc2C1.CC(=O)N1Cc2ccc(O[C@@H]3C[C@H](C)N(Cc4cc5nc(C)sc5cc4F)C3)nc2C1.CC(=O)N1Cc2ccc(O[C@H]3CN[C@@H](C)C3)nc2C1.Cl.Cl.Clc1ccc2c(n1)CNC2. The van der Waals surface area contributed by atoms with Crippen molar-refractivity contribution in [2.24, 2.45) is 0 Å². The summed E-state index contributed by atoms with van der Waals surface area (Å²) < 4.78 is 33.6. The monoisotopic (exact) mass is 1400 g/mol. The summed E-state index contributed by atoms with van der Waals surface area (Å²) in [4.78, 5) is 83.7. The minimum absolute atomic E-state index is 0. The summed E-state index contributed by atoms with van der Waals surface area (Å²) in [7, 11) is 2.12. The summed E-state index contributed by atoms with van der Waals surface area (Å²) >= 11 is 12.9. The van der Waals surface area contributed by atoms with E-state index in [1.54, 1.807) is 59.4 Å². The Labute approximate surface area is 580 Å². The van der Waals surface area contributed by atoms with E-state index in [9.17, 15) is 23.6 Å². The molecule has 8 aliphatic heterocycles. The summed E-state index contributed by atoms with van der Waals surface area (Å²) in [6.07, 6.45) is 3.32. The number of carbonyl (C=O) groups is 4. The van der Waals surface area contributed by atoms with Crippen LogP contribution in [0.3, 0.4) is 0 Å². The summed E-state index contributed by atoms with van der Waals surface area (Å²) in [5.74, 6) is 2.09. The molecule has 1 aromatic carbocycles. The normalized spacial score (nSPS) is 21.0. The van der Waals surface area contributed by atoms with Gasteiger partial charge in [-0.25, -0.2) is 34.3 Å². The molecule has 0 aliphatic carbocycles. The highest BCUT2D eigenvalue weighted by atomic mass is 35.5. The highest BCUT2D eigenvalue weighted by Crippen LogP contribution is 2.32. The van der Waals surface area contributed by atoms with Crippen molar-refractivity contribution in [2.45, 2.75) is 183 Å². The lowest BCUT2D eigenvalue weighted by Gasteiger charge is -2.21. The van der Waals surface area contributed by atoms with Gasteiger partial charge >= 0.3 is 0 Å². The van der Waals surface area contributed by atoms with Crippen LogP contribution in [0, 0.1) is 12.7 Å². The maximum atomic E-state index is 14.7. The van der Waals surface area contributed by atoms with E-state index < -0.39 is 0 Å². The zero-order chi connectivity index (χ0) is 65.8. The third kappa shape index (κ3) is 18.4. The number of carbonyl (C=O) groups excluding carboxylic acids is 4. The molecule has 21 nitrogen and oxygen atoms in total. The Morgan fingerprint density at radius 1 is 0.547 bits per heavy atom. The lowest BCUT2D eigenvalue weighted by atomic mass is 10.1. The number of hydrogen-bond acceptors (Lipinski definition) is 18. The highest BCUT2D eigenvalue weighted by molar-refractivity contribution is 7.18. The molecule has 0 spiro atoms. The number of likely N-dealkylation sites (tertiary alicyclic amines) is 2. The van der Waals surface area contributed by atoms with Crippen molar-refractivity contribution in [3.05, 3.63) is 156 Å². The Morgan fingerprint density at radius 2 is 0.989 bits per heavy atom. The fourth-order valence-corrected chi connectivity index (χ4v) is 13.8. The summed E-state index contributed by atoms with van der Waals surface area (Å²) in [5, 5.41) is 8.57. The number of halogens is 5. The van der Waals surface area contributed by atoms with Crippen LogP contribution >= 0.6 is 59.4 Å². The van der Waals surface area contributed by atoms with Crippen molar-refractivity contribution in [3.63, 3.8) is 0 Å². The molecule has 15 rings (SSSR count). The van der Waals surface area contributed by atoms with Crippen LogP contribution in [0.5, 0.6) is 17.6 Å². The number of amides is 4. The van der Waals surface area contributed by atoms with Gasteiger partial charge in [-0.05, 0) is 105 Å². The number of nitrogens with zero attached hydrogens (tertiary/aromatic N) is 12. The minimum Gasteiger partial charge on any atom is -0.473 e. The number of hydrogen-bond donors (Lipinski definition) is 2. The largest absolute Gasteiger partial charge is 0.473 e. The molecule has 0 radical (unpaired) electrons. The van der Waals surface area contributed by atoms with E-state index >= 15 is 0 Å². The van der Waals surface area contributed by atoms with Crippen molar-refractivity contribution in [2.75, 3.05) is 26.7 Å². The molecule has 14 heterocycles. The number of benzene rings is 1. The van der Waals surface area contributed by atoms with Gasteiger partial charge in [0.1, 0.15) is 34.4 Å². The van der Waals surface area contributed by atoms with Gasteiger partial charge in [0.15, 0.2) is 0 Å². The molecule has 508 valence electrons. The summed E-state index contributed by atoms with van der Waals surface area (Å²) in [6, 6.07) is 24.1. The molecule has 3 fully saturated rings. The Kier molecular flexibility index (Phi) is 24.3. The number of pyridine rings is 5. The molecule has 0 saturated carbocycles. The minimum atomic E-state index is -0.178. The van der Waals surface area contributed by atoms with Crippen LogP contribution in [-0.2, 0) is 91.2 Å². The van der Waals surface area contributed by atoms with Crippen molar-refractivity contribution in [1.29, 1.82) is 0 Å². The zero-order valence-corrected chi connectivity index (χ0v) is 59.0. The lowest BCUT2D eigenvalue weighted by molar-refractivity contribution is -0.130. The van der Waals surface area contributed by atoms with E-state index in [2.05, 4.69) is 78.2 Å². The van der Waals surface area contributed by atoms with Crippen LogP contribution in [0.25, 0.3) is 10.2 Å². The van der Waals surface area contributed by atoms with Gasteiger partial charge in [-0.3, -0.25) is 29.0 Å². The van der Waals surface area contributed by atoms with E-state index in [0.717, 1.165) is 111 Å². The van der Waals surface area contributed by atoms with E-state index in [1.165, 1.54) is 16.9 Å². The molecule has 0 unspecified atom stereocenters. The molecule has 95 heavy (non-hydrogen) atoms. The number of thiazole rings is 1. The summed E-state index contributed by atoms with van der Waals surface area (Å²) in [6.45, 7) is 24.6. The van der Waals surface area contributed by atoms with E-state index in [1.807, 2.05) is 67.6 Å². The highest BCUT2D eigenvalue weighted by Gasteiger charge is 2.34. The molecule has 6 atom stereocenters. The molecule has 6 aromatic heterocycles. The first kappa shape index (κ1) is 72.3. The topological polar surface area (TPSA) is 217 Å². The molecule has 7 aromatic rings. The van der Waals surface area contributed by atoms with Crippen LogP contribution < -0.4 is 24.8 Å². The Bertz CT molecular complexity index is 3920. The number of aryl methyl sites for hydroxylation is 1. The van der Waals surface area contributed by atoms with Gasteiger partial charge in [0.05, 0.1) is 69.9 Å². The third-order valence-electron chi connectivity index (χ3n) is 18.1. The number of likely N-dealkylation sites (N-methyl/N-ethyl adjacent to an activating group) is 1. The van der Waals surface area contributed by atoms with Gasteiger partial charge in [0, 0.05) is 154 Å². The second kappa shape index (κ2) is 32.0. The number of rotatable bonds is 8. The maximum Gasteiger partial charge on any atom is 0.220 e. The second-order valence-corrected chi connectivity index (χ2v) is 27.3. The van der Waals surface area contributed by atoms with Crippen molar-refractivity contribution in [1.82, 2.24) is 69.9 Å². The van der Waals surface area contributed by atoms with Gasteiger partial charge in [-0.15, -0.1) is 36.2 Å². The first-order valence-corrected chi connectivity index (χ1v) is 33.3. The van der Waals surface area contributed by atoms with Crippen molar-refractivity contribution in [3.8, 4) is 17.6 Å². The van der Waals surface area contributed by atoms with E-state index in [4.69, 9.17) is 37.4 Å². The molecule has 0 bridgehead atoms. The van der Waals surface area contributed by atoms with Crippen LogP contribution in [0.4, 0.5) is 4.39 Å². The third-order valence-corrected chi connectivity index (χ3v) is 19.5. The standard InChI is InChI=1S/C23H25FN4O2S.C15H21N3O2.C14H19N3O2.C9H9ClN2O.C7H7ClN2.2ClH/c1-13-6-18(30-23-5-4-16-9-28(15(3)29)12-21(16)26-23)11-27(13)10-17-7-20-22(8-19(17)24)31-14(2)25-20;1-10-6-13(8-17(10)3)20-15-5-4-12-7-18(11(2)19)9-14(12)16-15;1-9-5-12(6-15-9)19-14-4-3-11-7-17(10(2)18)8-13(11)16-14;1-6(13)12-4-7-2-3-9(10)11-8(7)5-12;8-7-2-1-5-3-9-4-6(5)10-7;;/h4-5,7-8,13,18H,6,9-12H2,1-3H3;4-5,10,13H,6-9H2,1-3H3;3-4,9,12,15H,5-8H2,1-2H3;2-3H,4-5H2,1H3;1-2,9H,3-4H2;2*1H/t13-,18+;10-,13+;9-,12+;;;;/m000..../s1. The quantitative estimate of drug-likeness (QED) is 0.135. The molecule has 3 saturated heterocycles. The molecule has 2 N–H and O–H groups in total. The fraction of sp³-hybridized carbons (Fsp3) is 0.471. The van der Waals surface area contributed by atoms with Crippen molar-refractivity contribution >= 4 is 93.2 Å².